The summed E-state index contributed by atoms with van der Waals surface area (Å²) in [4.78, 5) is 32.8. The van der Waals surface area contributed by atoms with Crippen molar-refractivity contribution in [2.45, 2.75) is 26.7 Å². The molecule has 2 aromatic heterocycles. The van der Waals surface area contributed by atoms with Gasteiger partial charge in [0.15, 0.2) is 0 Å². The van der Waals surface area contributed by atoms with Gasteiger partial charge in [-0.05, 0) is 13.3 Å². The minimum absolute atomic E-state index is 0.384. The second kappa shape index (κ2) is 7.07. The number of anilines is 2. The van der Waals surface area contributed by atoms with E-state index in [-0.39, 0.29) is 5.69 Å². The van der Waals surface area contributed by atoms with E-state index >= 15 is 0 Å². The van der Waals surface area contributed by atoms with E-state index in [1.54, 1.807) is 6.92 Å². The Bertz CT molecular complexity index is 676. The average Bonchev–Trinajstić information content (AvgIpc) is 2.39. The first-order valence-corrected chi connectivity index (χ1v) is 6.09. The summed E-state index contributed by atoms with van der Waals surface area (Å²) in [7, 11) is 0. The Kier molecular flexibility index (Phi) is 5.45. The Morgan fingerprint density at radius 3 is 2.05 bits per heavy atom. The molecule has 0 saturated heterocycles. The van der Waals surface area contributed by atoms with Crippen molar-refractivity contribution < 1.29 is 0 Å². The summed E-state index contributed by atoms with van der Waals surface area (Å²) in [5.41, 5.74) is 11.7. The van der Waals surface area contributed by atoms with E-state index < -0.39 is 5.69 Å². The van der Waals surface area contributed by atoms with Gasteiger partial charge in [0.25, 0.3) is 0 Å². The number of H-pyrrole nitrogens is 2. The van der Waals surface area contributed by atoms with Crippen LogP contribution in [0.1, 0.15) is 24.5 Å². The lowest BCUT2D eigenvalue weighted by molar-refractivity contribution is 0.897. The van der Waals surface area contributed by atoms with Gasteiger partial charge in [-0.2, -0.15) is 0 Å². The van der Waals surface area contributed by atoms with Crippen LogP contribution in [0.25, 0.3) is 0 Å². The van der Waals surface area contributed by atoms with Crippen molar-refractivity contribution in [3.05, 3.63) is 44.5 Å². The summed E-state index contributed by atoms with van der Waals surface area (Å²) in [6, 6.07) is 0. The van der Waals surface area contributed by atoms with Gasteiger partial charge >= 0.3 is 11.4 Å². The third-order valence-corrected chi connectivity index (χ3v) is 2.49. The lowest BCUT2D eigenvalue weighted by atomic mass is 10.2. The van der Waals surface area contributed by atoms with E-state index in [1.165, 1.54) is 12.4 Å². The standard InChI is InChI=1S/C7H11N3O.C5H7N3O/c1-2-3-5-4-9-7(11)10-6(5)8;1-3-2-7-5(9)8-4(3)6/h4H,2-3H2,1H3,(H3,8,9,10,11);2H,1H3,(H3,6,7,8,9). The molecule has 0 spiro atoms. The van der Waals surface area contributed by atoms with Gasteiger partial charge in [0, 0.05) is 23.5 Å². The zero-order valence-corrected chi connectivity index (χ0v) is 11.4. The molecule has 6 N–H and O–H groups in total. The Morgan fingerprint density at radius 1 is 1.05 bits per heavy atom. The SMILES string of the molecule is CCCc1cnc(=O)[nH]c1N.Cc1cnc(=O)[nH]c1N. The molecule has 0 amide bonds. The van der Waals surface area contributed by atoms with Crippen molar-refractivity contribution in [3.8, 4) is 0 Å². The number of aryl methyl sites for hydroxylation is 2. The first-order valence-electron chi connectivity index (χ1n) is 6.09. The molecule has 0 bridgehead atoms. The Balaban J connectivity index is 0.000000204. The van der Waals surface area contributed by atoms with E-state index in [1.807, 2.05) is 6.92 Å². The van der Waals surface area contributed by atoms with Gasteiger partial charge in [0.05, 0.1) is 0 Å². The third-order valence-electron chi connectivity index (χ3n) is 2.49. The number of aromatic amines is 2. The quantitative estimate of drug-likeness (QED) is 0.607. The van der Waals surface area contributed by atoms with Crippen molar-refractivity contribution in [1.29, 1.82) is 0 Å². The second-order valence-corrected chi connectivity index (χ2v) is 4.16. The monoisotopic (exact) mass is 278 g/mol. The predicted octanol–water partition coefficient (Wildman–Crippen LogP) is -0.0349. The fourth-order valence-electron chi connectivity index (χ4n) is 1.37. The largest absolute Gasteiger partial charge is 0.385 e. The number of hydrogen-bond acceptors (Lipinski definition) is 6. The average molecular weight is 278 g/mol. The highest BCUT2D eigenvalue weighted by Gasteiger charge is 1.97. The van der Waals surface area contributed by atoms with Crippen LogP contribution < -0.4 is 22.8 Å². The van der Waals surface area contributed by atoms with Crippen molar-refractivity contribution in [1.82, 2.24) is 19.9 Å². The molecule has 0 aromatic carbocycles. The van der Waals surface area contributed by atoms with Crippen LogP contribution in [0.3, 0.4) is 0 Å². The third kappa shape index (κ3) is 4.56. The molecule has 0 aliphatic rings. The van der Waals surface area contributed by atoms with Crippen LogP contribution in [0, 0.1) is 6.92 Å². The van der Waals surface area contributed by atoms with Gasteiger partial charge < -0.3 is 11.5 Å². The van der Waals surface area contributed by atoms with Crippen LogP contribution in [0.4, 0.5) is 11.6 Å². The fraction of sp³-hybridized carbons (Fsp3) is 0.333. The number of hydrogen-bond donors (Lipinski definition) is 4. The maximum atomic E-state index is 10.6. The Hall–Kier alpha value is -2.64. The van der Waals surface area contributed by atoms with Crippen molar-refractivity contribution in [2.24, 2.45) is 0 Å². The number of nitrogens with zero attached hydrogens (tertiary/aromatic N) is 2. The summed E-state index contributed by atoms with van der Waals surface area (Å²) < 4.78 is 0. The summed E-state index contributed by atoms with van der Waals surface area (Å²) in [5, 5.41) is 0. The molecule has 108 valence electrons. The van der Waals surface area contributed by atoms with E-state index in [4.69, 9.17) is 11.5 Å². The van der Waals surface area contributed by atoms with Crippen molar-refractivity contribution >= 4 is 11.6 Å². The number of rotatable bonds is 2. The van der Waals surface area contributed by atoms with Crippen LogP contribution in [-0.4, -0.2) is 19.9 Å². The molecule has 0 fully saturated rings. The highest BCUT2D eigenvalue weighted by atomic mass is 16.1. The van der Waals surface area contributed by atoms with Gasteiger partial charge in [-0.1, -0.05) is 13.3 Å². The second-order valence-electron chi connectivity index (χ2n) is 4.16. The van der Waals surface area contributed by atoms with Crippen molar-refractivity contribution in [3.63, 3.8) is 0 Å². The van der Waals surface area contributed by atoms with Crippen molar-refractivity contribution in [2.75, 3.05) is 11.5 Å². The maximum absolute atomic E-state index is 10.6. The molecule has 8 nitrogen and oxygen atoms in total. The van der Waals surface area contributed by atoms with E-state index in [9.17, 15) is 9.59 Å². The molecular weight excluding hydrogens is 260 g/mol. The summed E-state index contributed by atoms with van der Waals surface area (Å²) >= 11 is 0. The van der Waals surface area contributed by atoms with Crippen LogP contribution in [0.2, 0.25) is 0 Å². The lowest BCUT2D eigenvalue weighted by Crippen LogP contribution is -2.13. The molecule has 0 saturated carbocycles. The van der Waals surface area contributed by atoms with Crippen LogP contribution in [-0.2, 0) is 6.42 Å². The minimum Gasteiger partial charge on any atom is -0.385 e. The Morgan fingerprint density at radius 2 is 1.60 bits per heavy atom. The molecule has 2 aromatic rings. The van der Waals surface area contributed by atoms with Crippen LogP contribution in [0.15, 0.2) is 22.0 Å². The van der Waals surface area contributed by atoms with Gasteiger partial charge in [0.1, 0.15) is 11.6 Å². The first kappa shape index (κ1) is 15.4. The first-order chi connectivity index (χ1) is 9.43. The summed E-state index contributed by atoms with van der Waals surface area (Å²) in [5.74, 6) is 0.821. The van der Waals surface area contributed by atoms with Gasteiger partial charge in [-0.3, -0.25) is 9.97 Å². The molecule has 0 aliphatic heterocycles. The lowest BCUT2D eigenvalue weighted by Gasteiger charge is -1.99. The number of nitrogens with two attached hydrogens (primary N) is 2. The summed E-state index contributed by atoms with van der Waals surface area (Å²) in [6.07, 6.45) is 4.82. The predicted molar refractivity (Wildman–Crippen MR) is 77.3 cm³/mol. The Labute approximate surface area is 115 Å². The number of nitrogens with one attached hydrogen (secondary N) is 2. The van der Waals surface area contributed by atoms with Gasteiger partial charge in [0.2, 0.25) is 0 Å². The fourth-order valence-corrected chi connectivity index (χ4v) is 1.37. The molecule has 20 heavy (non-hydrogen) atoms. The molecule has 0 aliphatic carbocycles. The molecule has 2 rings (SSSR count). The van der Waals surface area contributed by atoms with E-state index in [0.717, 1.165) is 24.0 Å². The topological polar surface area (TPSA) is 144 Å². The van der Waals surface area contributed by atoms with Crippen LogP contribution in [0.5, 0.6) is 0 Å². The number of nitrogen functional groups attached to an aromatic ring is 2. The number of aromatic nitrogens is 4. The van der Waals surface area contributed by atoms with Crippen LogP contribution >= 0.6 is 0 Å². The maximum Gasteiger partial charge on any atom is 0.346 e. The highest BCUT2D eigenvalue weighted by molar-refractivity contribution is 5.36. The molecule has 2 heterocycles. The zero-order chi connectivity index (χ0) is 15.1. The van der Waals surface area contributed by atoms with Gasteiger partial charge in [-0.25, -0.2) is 19.6 Å². The molecule has 0 radical (unpaired) electrons. The molecule has 0 atom stereocenters. The molecule has 8 heteroatoms. The molecule has 0 unspecified atom stereocenters. The molecular formula is C12H18N6O2. The smallest absolute Gasteiger partial charge is 0.346 e. The van der Waals surface area contributed by atoms with E-state index in [0.29, 0.717) is 11.6 Å². The normalized spacial score (nSPS) is 9.70. The van der Waals surface area contributed by atoms with Gasteiger partial charge in [-0.15, -0.1) is 0 Å². The summed E-state index contributed by atoms with van der Waals surface area (Å²) in [6.45, 7) is 3.82. The highest BCUT2D eigenvalue weighted by Crippen LogP contribution is 2.05. The zero-order valence-electron chi connectivity index (χ0n) is 11.4. The minimum atomic E-state index is -0.405. The van der Waals surface area contributed by atoms with E-state index in [2.05, 4.69) is 19.9 Å².